The highest BCUT2D eigenvalue weighted by molar-refractivity contribution is 5.96. The molecule has 9 heteroatoms. The number of amides is 1. The lowest BCUT2D eigenvalue weighted by Gasteiger charge is -2.27. The molecule has 0 bridgehead atoms. The van der Waals surface area contributed by atoms with E-state index in [1.165, 1.54) is 27.7 Å². The highest BCUT2D eigenvalue weighted by Gasteiger charge is 2.36. The maximum atomic E-state index is 12.7. The smallest absolute Gasteiger partial charge is 0.434 e. The monoisotopic (exact) mass is 339 g/mol. The first-order chi connectivity index (χ1) is 11.3. The molecule has 1 aliphatic rings. The number of aromatic nitrogens is 2. The zero-order chi connectivity index (χ0) is 17.5. The number of halogens is 3. The molecule has 0 atom stereocenters. The van der Waals surface area contributed by atoms with Gasteiger partial charge in [0.05, 0.1) is 12.1 Å². The second-order valence-electron chi connectivity index (χ2n) is 5.35. The molecule has 0 saturated carbocycles. The molecule has 0 fully saturated rings. The van der Waals surface area contributed by atoms with E-state index in [-0.39, 0.29) is 42.3 Å². The number of phenols is 1. The third-order valence-corrected chi connectivity index (χ3v) is 3.78. The van der Waals surface area contributed by atoms with Crippen molar-refractivity contribution < 1.29 is 27.9 Å². The van der Waals surface area contributed by atoms with Crippen molar-refractivity contribution in [2.45, 2.75) is 19.3 Å². The summed E-state index contributed by atoms with van der Waals surface area (Å²) in [7, 11) is 0. The van der Waals surface area contributed by atoms with Gasteiger partial charge in [-0.2, -0.15) is 13.2 Å². The van der Waals surface area contributed by atoms with Gasteiger partial charge in [-0.15, -0.1) is 0 Å². The van der Waals surface area contributed by atoms with Crippen LogP contribution in [-0.2, 0) is 19.3 Å². The van der Waals surface area contributed by atoms with Crippen LogP contribution in [0.5, 0.6) is 5.75 Å². The number of fused-ring (bicyclic) bond motifs is 1. The minimum Gasteiger partial charge on any atom is -0.507 e. The Morgan fingerprint density at radius 2 is 2.04 bits per heavy atom. The molecule has 6 nitrogen and oxygen atoms in total. The van der Waals surface area contributed by atoms with Crippen molar-refractivity contribution in [3.8, 4) is 5.75 Å². The van der Waals surface area contributed by atoms with Crippen LogP contribution in [-0.4, -0.2) is 38.3 Å². The number of alkyl halides is 3. The number of aromatic hydroxyl groups is 1. The summed E-state index contributed by atoms with van der Waals surface area (Å²) in [5, 5.41) is 9.46. The Morgan fingerprint density at radius 1 is 1.29 bits per heavy atom. The predicted molar refractivity (Wildman–Crippen MR) is 75.5 cm³/mol. The van der Waals surface area contributed by atoms with E-state index in [2.05, 4.69) is 4.98 Å². The van der Waals surface area contributed by atoms with Crippen LogP contribution >= 0.6 is 0 Å². The standard InChI is InChI=1S/C15H12F3N3O3/c16-15(17,18)12-6-20-3-4-21(7-13(20)19-12)14(24)9-1-2-11(23)10(5-9)8-22/h1-2,5-6,8,23H,3-4,7H2. The number of hydrogen-bond donors (Lipinski definition) is 1. The van der Waals surface area contributed by atoms with Gasteiger partial charge in [-0.05, 0) is 18.2 Å². The Bertz CT molecular complexity index is 814. The summed E-state index contributed by atoms with van der Waals surface area (Å²) in [6.07, 6.45) is -3.18. The van der Waals surface area contributed by atoms with Gasteiger partial charge in [0, 0.05) is 24.8 Å². The van der Waals surface area contributed by atoms with E-state index in [9.17, 15) is 27.9 Å². The van der Waals surface area contributed by atoms with Gasteiger partial charge in [-0.25, -0.2) is 4.98 Å². The molecule has 1 N–H and O–H groups in total. The fraction of sp³-hybridized carbons (Fsp3) is 0.267. The van der Waals surface area contributed by atoms with E-state index < -0.39 is 17.8 Å². The molecule has 1 aliphatic heterocycles. The Kier molecular flexibility index (Phi) is 3.78. The van der Waals surface area contributed by atoms with Crippen molar-refractivity contribution >= 4 is 12.2 Å². The lowest BCUT2D eigenvalue weighted by molar-refractivity contribution is -0.141. The second-order valence-corrected chi connectivity index (χ2v) is 5.35. The molecule has 0 radical (unpaired) electrons. The molecule has 24 heavy (non-hydrogen) atoms. The van der Waals surface area contributed by atoms with E-state index in [4.69, 9.17) is 0 Å². The van der Waals surface area contributed by atoms with Crippen LogP contribution in [0.4, 0.5) is 13.2 Å². The van der Waals surface area contributed by atoms with E-state index in [0.717, 1.165) is 6.20 Å². The lowest BCUT2D eigenvalue weighted by Crippen LogP contribution is -2.38. The first kappa shape index (κ1) is 16.0. The van der Waals surface area contributed by atoms with Gasteiger partial charge in [0.2, 0.25) is 0 Å². The zero-order valence-corrected chi connectivity index (χ0v) is 12.2. The van der Waals surface area contributed by atoms with Crippen LogP contribution in [0.3, 0.4) is 0 Å². The maximum absolute atomic E-state index is 12.7. The quantitative estimate of drug-likeness (QED) is 0.850. The van der Waals surface area contributed by atoms with Crippen molar-refractivity contribution in [2.75, 3.05) is 6.54 Å². The Labute approximate surface area is 134 Å². The van der Waals surface area contributed by atoms with Gasteiger partial charge in [0.25, 0.3) is 5.91 Å². The number of imidazole rings is 1. The Morgan fingerprint density at radius 3 is 2.71 bits per heavy atom. The number of nitrogens with zero attached hydrogens (tertiary/aromatic N) is 3. The van der Waals surface area contributed by atoms with Crippen molar-refractivity contribution in [1.29, 1.82) is 0 Å². The number of carbonyl (C=O) groups excluding carboxylic acids is 2. The maximum Gasteiger partial charge on any atom is 0.434 e. The molecule has 1 aromatic heterocycles. The molecule has 126 valence electrons. The minimum atomic E-state index is -4.53. The number of hydrogen-bond acceptors (Lipinski definition) is 4. The highest BCUT2D eigenvalue weighted by Crippen LogP contribution is 2.29. The Balaban J connectivity index is 1.83. The van der Waals surface area contributed by atoms with E-state index >= 15 is 0 Å². The largest absolute Gasteiger partial charge is 0.507 e. The molecule has 0 unspecified atom stereocenters. The predicted octanol–water partition coefficient (Wildman–Crippen LogP) is 2.08. The average Bonchev–Trinajstić information content (AvgIpc) is 2.98. The summed E-state index contributed by atoms with van der Waals surface area (Å²) < 4.78 is 39.5. The molecule has 0 spiro atoms. The van der Waals surface area contributed by atoms with Gasteiger partial charge in [-0.1, -0.05) is 0 Å². The summed E-state index contributed by atoms with van der Waals surface area (Å²) >= 11 is 0. The van der Waals surface area contributed by atoms with Crippen molar-refractivity contribution in [3.63, 3.8) is 0 Å². The highest BCUT2D eigenvalue weighted by atomic mass is 19.4. The SMILES string of the molecule is O=Cc1cc(C(=O)N2CCn3cc(C(F)(F)F)nc3C2)ccc1O. The fourth-order valence-corrected chi connectivity index (χ4v) is 2.53. The molecule has 1 aromatic carbocycles. The summed E-state index contributed by atoms with van der Waals surface area (Å²) in [4.78, 5) is 28.2. The molecule has 0 aliphatic carbocycles. The van der Waals surface area contributed by atoms with Crippen LogP contribution in [0.1, 0.15) is 32.2 Å². The first-order valence-electron chi connectivity index (χ1n) is 7.00. The number of phenolic OH excluding ortho intramolecular Hbond substituents is 1. The molecule has 2 heterocycles. The minimum absolute atomic E-state index is 0.0290. The van der Waals surface area contributed by atoms with Gasteiger partial charge < -0.3 is 14.6 Å². The second kappa shape index (κ2) is 5.66. The third kappa shape index (κ3) is 2.84. The van der Waals surface area contributed by atoms with Gasteiger partial charge in [0.1, 0.15) is 11.6 Å². The summed E-state index contributed by atoms with van der Waals surface area (Å²) in [5.41, 5.74) is -0.843. The Hall–Kier alpha value is -2.84. The van der Waals surface area contributed by atoms with Gasteiger partial charge in [-0.3, -0.25) is 9.59 Å². The summed E-state index contributed by atoms with van der Waals surface area (Å²) in [5.74, 6) is -0.539. The van der Waals surface area contributed by atoms with Crippen molar-refractivity contribution in [2.24, 2.45) is 0 Å². The molecule has 1 amide bonds. The van der Waals surface area contributed by atoms with Gasteiger partial charge >= 0.3 is 6.18 Å². The summed E-state index contributed by atoms with van der Waals surface area (Å²) in [6.45, 7) is 0.353. The van der Waals surface area contributed by atoms with Crippen LogP contribution in [0, 0.1) is 0 Å². The lowest BCUT2D eigenvalue weighted by atomic mass is 10.1. The summed E-state index contributed by atoms with van der Waals surface area (Å²) in [6, 6.07) is 3.82. The topological polar surface area (TPSA) is 75.4 Å². The van der Waals surface area contributed by atoms with Gasteiger partial charge in [0.15, 0.2) is 12.0 Å². The third-order valence-electron chi connectivity index (χ3n) is 3.78. The van der Waals surface area contributed by atoms with Crippen LogP contribution in [0.2, 0.25) is 0 Å². The van der Waals surface area contributed by atoms with Crippen molar-refractivity contribution in [1.82, 2.24) is 14.5 Å². The van der Waals surface area contributed by atoms with E-state index in [1.54, 1.807) is 0 Å². The number of aldehydes is 1. The normalized spacial score (nSPS) is 14.4. The first-order valence-corrected chi connectivity index (χ1v) is 7.00. The molecular formula is C15H12F3N3O3. The van der Waals surface area contributed by atoms with Crippen molar-refractivity contribution in [3.05, 3.63) is 47.0 Å². The molecular weight excluding hydrogens is 327 g/mol. The van der Waals surface area contributed by atoms with E-state index in [0.29, 0.717) is 6.29 Å². The van der Waals surface area contributed by atoms with Crippen LogP contribution < -0.4 is 0 Å². The number of rotatable bonds is 2. The number of carbonyl (C=O) groups is 2. The fourth-order valence-electron chi connectivity index (χ4n) is 2.53. The van der Waals surface area contributed by atoms with Crippen LogP contribution in [0.15, 0.2) is 24.4 Å². The van der Waals surface area contributed by atoms with E-state index in [1.807, 2.05) is 0 Å². The molecule has 3 rings (SSSR count). The van der Waals surface area contributed by atoms with Crippen LogP contribution in [0.25, 0.3) is 0 Å². The average molecular weight is 339 g/mol. The zero-order valence-electron chi connectivity index (χ0n) is 12.2. The number of benzene rings is 1. The molecule has 0 saturated heterocycles. The molecule has 2 aromatic rings.